The van der Waals surface area contributed by atoms with Gasteiger partial charge >= 0.3 is 0 Å². The third-order valence-electron chi connectivity index (χ3n) is 3.50. The summed E-state index contributed by atoms with van der Waals surface area (Å²) in [5.41, 5.74) is 6.85. The van der Waals surface area contributed by atoms with Gasteiger partial charge in [-0.2, -0.15) is 0 Å². The fourth-order valence-corrected chi connectivity index (χ4v) is 2.35. The van der Waals surface area contributed by atoms with Gasteiger partial charge in [0.25, 0.3) is 0 Å². The summed E-state index contributed by atoms with van der Waals surface area (Å²) < 4.78 is 5.86. The number of hydrogen-bond donors (Lipinski definition) is 2. The summed E-state index contributed by atoms with van der Waals surface area (Å²) in [7, 11) is 0. The average molecular weight is 264 g/mol. The van der Waals surface area contributed by atoms with Gasteiger partial charge in [-0.05, 0) is 39.0 Å². The minimum absolute atomic E-state index is 0.391. The zero-order chi connectivity index (χ0) is 13.5. The molecule has 1 aliphatic rings. The summed E-state index contributed by atoms with van der Waals surface area (Å²) in [4.78, 5) is 8.22. The van der Waals surface area contributed by atoms with Crippen molar-refractivity contribution in [3.63, 3.8) is 0 Å². The lowest BCUT2D eigenvalue weighted by Crippen LogP contribution is -2.30. The van der Waals surface area contributed by atoms with Gasteiger partial charge in [-0.25, -0.2) is 9.97 Å². The second-order valence-electron chi connectivity index (χ2n) is 5.23. The van der Waals surface area contributed by atoms with Crippen LogP contribution in [0.3, 0.4) is 0 Å². The van der Waals surface area contributed by atoms with E-state index in [1.165, 1.54) is 0 Å². The van der Waals surface area contributed by atoms with E-state index in [0.29, 0.717) is 12.1 Å². The number of rotatable bonds is 6. The van der Waals surface area contributed by atoms with Crippen LogP contribution in [0.25, 0.3) is 0 Å². The molecule has 1 saturated carbocycles. The van der Waals surface area contributed by atoms with Crippen molar-refractivity contribution < 1.29 is 4.74 Å². The molecule has 0 radical (unpaired) electrons. The Morgan fingerprint density at radius 2 is 2.11 bits per heavy atom. The Hall–Kier alpha value is -1.20. The Kier molecular flexibility index (Phi) is 5.54. The maximum absolute atomic E-state index is 5.87. The zero-order valence-electron chi connectivity index (χ0n) is 11.6. The number of nitrogens with zero attached hydrogens (tertiary/aromatic N) is 2. The summed E-state index contributed by atoms with van der Waals surface area (Å²) in [5.74, 6) is 0.885. The number of nitrogens with one attached hydrogen (secondary N) is 1. The predicted octanol–water partition coefficient (Wildman–Crippen LogP) is 1.87. The maximum atomic E-state index is 5.87. The molecule has 0 bridgehead atoms. The van der Waals surface area contributed by atoms with Crippen LogP contribution in [-0.2, 0) is 4.74 Å². The number of aromatic nitrogens is 2. The second-order valence-corrected chi connectivity index (χ2v) is 5.23. The molecule has 0 saturated heterocycles. The van der Waals surface area contributed by atoms with Gasteiger partial charge in [0.1, 0.15) is 12.1 Å². The van der Waals surface area contributed by atoms with Crippen LogP contribution in [0.4, 0.5) is 5.82 Å². The van der Waals surface area contributed by atoms with Crippen LogP contribution in [0.1, 0.15) is 37.8 Å². The van der Waals surface area contributed by atoms with Gasteiger partial charge in [-0.1, -0.05) is 0 Å². The molecule has 3 N–H and O–H groups in total. The molecule has 0 atom stereocenters. The smallest absolute Gasteiger partial charge is 0.129 e. The normalized spacial score (nSPS) is 23.3. The lowest BCUT2D eigenvalue weighted by atomic mass is 9.94. The van der Waals surface area contributed by atoms with Crippen molar-refractivity contribution >= 4 is 5.82 Å². The second kappa shape index (κ2) is 7.40. The van der Waals surface area contributed by atoms with Gasteiger partial charge in [0.2, 0.25) is 0 Å². The van der Waals surface area contributed by atoms with E-state index in [2.05, 4.69) is 15.3 Å². The fraction of sp³-hybridized carbons (Fsp3) is 0.714. The van der Waals surface area contributed by atoms with Crippen LogP contribution in [0, 0.1) is 6.92 Å². The molecular weight excluding hydrogens is 240 g/mol. The molecule has 1 fully saturated rings. The van der Waals surface area contributed by atoms with Crippen molar-refractivity contribution in [1.29, 1.82) is 0 Å². The molecule has 1 aromatic heterocycles. The quantitative estimate of drug-likeness (QED) is 0.767. The average Bonchev–Trinajstić information content (AvgIpc) is 2.41. The van der Waals surface area contributed by atoms with Crippen LogP contribution in [0.5, 0.6) is 0 Å². The lowest BCUT2D eigenvalue weighted by Gasteiger charge is -2.26. The van der Waals surface area contributed by atoms with Gasteiger partial charge in [-0.3, -0.25) is 0 Å². The number of anilines is 1. The van der Waals surface area contributed by atoms with E-state index in [1.807, 2.05) is 13.0 Å². The van der Waals surface area contributed by atoms with E-state index in [0.717, 1.165) is 56.8 Å². The molecule has 0 aliphatic heterocycles. The van der Waals surface area contributed by atoms with Gasteiger partial charge < -0.3 is 15.8 Å². The van der Waals surface area contributed by atoms with Gasteiger partial charge in [0, 0.05) is 31.0 Å². The number of aryl methyl sites for hydroxylation is 1. The molecule has 0 aromatic carbocycles. The van der Waals surface area contributed by atoms with Crippen molar-refractivity contribution in [2.45, 2.75) is 51.2 Å². The summed E-state index contributed by atoms with van der Waals surface area (Å²) in [5, 5.41) is 3.28. The van der Waals surface area contributed by atoms with Crippen molar-refractivity contribution in [3.05, 3.63) is 18.1 Å². The lowest BCUT2D eigenvalue weighted by molar-refractivity contribution is 0.0251. The molecule has 2 rings (SSSR count). The third kappa shape index (κ3) is 5.12. The van der Waals surface area contributed by atoms with Crippen LogP contribution in [0.15, 0.2) is 12.4 Å². The Labute approximate surface area is 115 Å². The molecule has 0 unspecified atom stereocenters. The highest BCUT2D eigenvalue weighted by molar-refractivity contribution is 5.33. The highest BCUT2D eigenvalue weighted by Gasteiger charge is 2.18. The molecule has 0 spiro atoms. The Bertz CT molecular complexity index is 377. The molecule has 0 amide bonds. The fourth-order valence-electron chi connectivity index (χ4n) is 2.35. The number of hydrogen-bond acceptors (Lipinski definition) is 5. The SMILES string of the molecule is Cc1cc(NCCCOC2CCC(N)CC2)ncn1. The van der Waals surface area contributed by atoms with Gasteiger partial charge in [-0.15, -0.1) is 0 Å². The molecule has 1 heterocycles. The molecule has 106 valence electrons. The van der Waals surface area contributed by atoms with E-state index in [-0.39, 0.29) is 0 Å². The van der Waals surface area contributed by atoms with Crippen LogP contribution in [-0.4, -0.2) is 35.3 Å². The topological polar surface area (TPSA) is 73.1 Å². The highest BCUT2D eigenvalue weighted by atomic mass is 16.5. The van der Waals surface area contributed by atoms with Crippen LogP contribution >= 0.6 is 0 Å². The van der Waals surface area contributed by atoms with Crippen molar-refractivity contribution in [1.82, 2.24) is 9.97 Å². The van der Waals surface area contributed by atoms with Crippen LogP contribution in [0.2, 0.25) is 0 Å². The Morgan fingerprint density at radius 1 is 1.32 bits per heavy atom. The number of nitrogens with two attached hydrogens (primary N) is 1. The van der Waals surface area contributed by atoms with Crippen molar-refractivity contribution in [2.24, 2.45) is 5.73 Å². The zero-order valence-corrected chi connectivity index (χ0v) is 11.6. The summed E-state index contributed by atoms with van der Waals surface area (Å²) in [6.45, 7) is 3.64. The summed E-state index contributed by atoms with van der Waals surface area (Å²) in [6, 6.07) is 2.34. The summed E-state index contributed by atoms with van der Waals surface area (Å²) in [6.07, 6.45) is 7.41. The standard InChI is InChI=1S/C14H24N4O/c1-11-9-14(18-10-17-11)16-7-2-8-19-13-5-3-12(15)4-6-13/h9-10,12-13H,2-8,15H2,1H3,(H,16,17,18). The van der Waals surface area contributed by atoms with E-state index < -0.39 is 0 Å². The first kappa shape index (κ1) is 14.2. The molecule has 1 aliphatic carbocycles. The minimum Gasteiger partial charge on any atom is -0.378 e. The maximum Gasteiger partial charge on any atom is 0.129 e. The Morgan fingerprint density at radius 3 is 2.84 bits per heavy atom. The minimum atomic E-state index is 0.391. The molecule has 1 aromatic rings. The van der Waals surface area contributed by atoms with E-state index in [9.17, 15) is 0 Å². The van der Waals surface area contributed by atoms with E-state index in [1.54, 1.807) is 6.33 Å². The molecule has 5 heteroatoms. The third-order valence-corrected chi connectivity index (χ3v) is 3.50. The van der Waals surface area contributed by atoms with Crippen molar-refractivity contribution in [2.75, 3.05) is 18.5 Å². The van der Waals surface area contributed by atoms with E-state index in [4.69, 9.17) is 10.5 Å². The number of ether oxygens (including phenoxy) is 1. The Balaban J connectivity index is 1.55. The molecular formula is C14H24N4O. The van der Waals surface area contributed by atoms with Crippen molar-refractivity contribution in [3.8, 4) is 0 Å². The first-order chi connectivity index (χ1) is 9.24. The van der Waals surface area contributed by atoms with Gasteiger partial charge in [0.15, 0.2) is 0 Å². The van der Waals surface area contributed by atoms with Gasteiger partial charge in [0.05, 0.1) is 6.10 Å². The highest BCUT2D eigenvalue weighted by Crippen LogP contribution is 2.19. The monoisotopic (exact) mass is 264 g/mol. The summed E-state index contributed by atoms with van der Waals surface area (Å²) >= 11 is 0. The predicted molar refractivity (Wildman–Crippen MR) is 76.1 cm³/mol. The molecule has 19 heavy (non-hydrogen) atoms. The first-order valence-corrected chi connectivity index (χ1v) is 7.14. The first-order valence-electron chi connectivity index (χ1n) is 7.14. The molecule has 5 nitrogen and oxygen atoms in total. The van der Waals surface area contributed by atoms with Crippen LogP contribution < -0.4 is 11.1 Å². The van der Waals surface area contributed by atoms with E-state index >= 15 is 0 Å². The largest absolute Gasteiger partial charge is 0.378 e.